The summed E-state index contributed by atoms with van der Waals surface area (Å²) >= 11 is 1.45. The summed E-state index contributed by atoms with van der Waals surface area (Å²) in [5.41, 5.74) is 0. The van der Waals surface area contributed by atoms with Crippen LogP contribution in [-0.2, 0) is 4.79 Å². The molecule has 0 atom stereocenters. The number of carbonyl (C=O) groups excluding carboxylic acids is 1. The highest BCUT2D eigenvalue weighted by atomic mass is 32.2. The fourth-order valence-electron chi connectivity index (χ4n) is 1.50. The highest BCUT2D eigenvalue weighted by Gasteiger charge is 2.11. The number of aromatic nitrogens is 4. The summed E-state index contributed by atoms with van der Waals surface area (Å²) in [4.78, 5) is 13.8. The first-order chi connectivity index (χ1) is 8.27. The Hall–Kier alpha value is -1.11. The monoisotopic (exact) mass is 257 g/mol. The Bertz CT molecular complexity index is 311. The van der Waals surface area contributed by atoms with Crippen molar-refractivity contribution in [2.75, 3.05) is 18.8 Å². The van der Waals surface area contributed by atoms with Crippen molar-refractivity contribution in [1.29, 1.82) is 0 Å². The number of carbonyl (C=O) groups is 1. The number of aromatic amines is 1. The van der Waals surface area contributed by atoms with Crippen LogP contribution in [0.2, 0.25) is 0 Å². The van der Waals surface area contributed by atoms with Crippen molar-refractivity contribution < 1.29 is 4.79 Å². The minimum Gasteiger partial charge on any atom is -0.343 e. The van der Waals surface area contributed by atoms with Gasteiger partial charge in [0, 0.05) is 25.3 Å². The van der Waals surface area contributed by atoms with Crippen LogP contribution in [0.15, 0.2) is 5.16 Å². The van der Waals surface area contributed by atoms with Gasteiger partial charge >= 0.3 is 0 Å². The van der Waals surface area contributed by atoms with Crippen LogP contribution in [0.4, 0.5) is 0 Å². The fraction of sp³-hybridized carbons (Fsp3) is 0.800. The van der Waals surface area contributed by atoms with E-state index in [1.165, 1.54) is 11.8 Å². The average molecular weight is 257 g/mol. The molecule has 0 radical (unpaired) electrons. The van der Waals surface area contributed by atoms with Crippen molar-refractivity contribution in [1.82, 2.24) is 25.5 Å². The van der Waals surface area contributed by atoms with Gasteiger partial charge in [-0.25, -0.2) is 0 Å². The molecule has 0 aliphatic rings. The van der Waals surface area contributed by atoms with Gasteiger partial charge in [0.25, 0.3) is 0 Å². The molecule has 7 heteroatoms. The molecule has 0 bridgehead atoms. The van der Waals surface area contributed by atoms with Crippen molar-refractivity contribution in [3.8, 4) is 0 Å². The SMILES string of the molecule is CCCN(CCC)C(=O)CCSc1nn[nH]n1. The highest BCUT2D eigenvalue weighted by Crippen LogP contribution is 2.12. The lowest BCUT2D eigenvalue weighted by atomic mass is 10.3. The number of H-pyrrole nitrogens is 1. The lowest BCUT2D eigenvalue weighted by molar-refractivity contribution is -0.130. The van der Waals surface area contributed by atoms with E-state index in [0.717, 1.165) is 25.9 Å². The second kappa shape index (κ2) is 8.05. The quantitative estimate of drug-likeness (QED) is 0.711. The third kappa shape index (κ3) is 5.16. The first kappa shape index (κ1) is 14.0. The van der Waals surface area contributed by atoms with Gasteiger partial charge in [0.2, 0.25) is 11.1 Å². The molecule has 1 aromatic rings. The number of nitrogens with one attached hydrogen (secondary N) is 1. The van der Waals surface area contributed by atoms with Gasteiger partial charge in [-0.1, -0.05) is 25.6 Å². The molecule has 1 rings (SSSR count). The summed E-state index contributed by atoms with van der Waals surface area (Å²) in [5, 5.41) is 14.1. The van der Waals surface area contributed by atoms with E-state index in [1.54, 1.807) is 0 Å². The molecule has 0 aliphatic carbocycles. The van der Waals surface area contributed by atoms with E-state index in [0.29, 0.717) is 17.3 Å². The number of amides is 1. The van der Waals surface area contributed by atoms with E-state index in [9.17, 15) is 4.79 Å². The normalized spacial score (nSPS) is 10.5. The summed E-state index contributed by atoms with van der Waals surface area (Å²) in [6, 6.07) is 0. The van der Waals surface area contributed by atoms with Crippen molar-refractivity contribution >= 4 is 17.7 Å². The summed E-state index contributed by atoms with van der Waals surface area (Å²) < 4.78 is 0. The molecular weight excluding hydrogens is 238 g/mol. The lowest BCUT2D eigenvalue weighted by Gasteiger charge is -2.21. The van der Waals surface area contributed by atoms with Gasteiger partial charge in [-0.05, 0) is 18.1 Å². The van der Waals surface area contributed by atoms with Crippen molar-refractivity contribution in [2.45, 2.75) is 38.3 Å². The molecule has 0 aromatic carbocycles. The summed E-state index contributed by atoms with van der Waals surface area (Å²) in [5.74, 6) is 0.909. The third-order valence-electron chi connectivity index (χ3n) is 2.21. The number of tetrazole rings is 1. The summed E-state index contributed by atoms with van der Waals surface area (Å²) in [7, 11) is 0. The Kier molecular flexibility index (Phi) is 6.61. The highest BCUT2D eigenvalue weighted by molar-refractivity contribution is 7.99. The van der Waals surface area contributed by atoms with Gasteiger partial charge in [0.1, 0.15) is 0 Å². The average Bonchev–Trinajstić information content (AvgIpc) is 2.81. The molecule has 1 N–H and O–H groups in total. The largest absolute Gasteiger partial charge is 0.343 e. The van der Waals surface area contributed by atoms with Crippen LogP contribution in [0, 0.1) is 0 Å². The van der Waals surface area contributed by atoms with Crippen LogP contribution in [0.1, 0.15) is 33.1 Å². The Balaban J connectivity index is 2.26. The first-order valence-corrected chi connectivity index (χ1v) is 6.90. The van der Waals surface area contributed by atoms with Gasteiger partial charge in [-0.15, -0.1) is 10.2 Å². The number of hydrogen-bond acceptors (Lipinski definition) is 5. The molecule has 0 unspecified atom stereocenters. The molecule has 0 fully saturated rings. The van der Waals surface area contributed by atoms with Crippen molar-refractivity contribution in [3.05, 3.63) is 0 Å². The predicted molar refractivity (Wildman–Crippen MR) is 66.7 cm³/mol. The maximum atomic E-state index is 11.9. The Morgan fingerprint density at radius 1 is 1.35 bits per heavy atom. The maximum Gasteiger partial charge on any atom is 0.230 e. The second-order valence-corrected chi connectivity index (χ2v) is 4.74. The molecule has 0 spiro atoms. The van der Waals surface area contributed by atoms with Gasteiger partial charge in [0.05, 0.1) is 0 Å². The number of rotatable bonds is 8. The van der Waals surface area contributed by atoms with Crippen LogP contribution in [0.25, 0.3) is 0 Å². The summed E-state index contributed by atoms with van der Waals surface area (Å²) in [6.07, 6.45) is 2.53. The summed E-state index contributed by atoms with van der Waals surface area (Å²) in [6.45, 7) is 5.87. The molecular formula is C10H19N5OS. The molecule has 0 aliphatic heterocycles. The molecule has 1 amide bonds. The van der Waals surface area contributed by atoms with Crippen LogP contribution >= 0.6 is 11.8 Å². The zero-order chi connectivity index (χ0) is 12.5. The van der Waals surface area contributed by atoms with Crippen LogP contribution < -0.4 is 0 Å². The van der Waals surface area contributed by atoms with E-state index in [4.69, 9.17) is 0 Å². The molecule has 96 valence electrons. The smallest absolute Gasteiger partial charge is 0.230 e. The molecule has 1 aromatic heterocycles. The van der Waals surface area contributed by atoms with E-state index >= 15 is 0 Å². The molecule has 17 heavy (non-hydrogen) atoms. The standard InChI is InChI=1S/C10H19N5OS/c1-3-6-15(7-4-2)9(16)5-8-17-10-11-13-14-12-10/h3-8H2,1-2H3,(H,11,12,13,14). The second-order valence-electron chi connectivity index (χ2n) is 3.67. The van der Waals surface area contributed by atoms with Gasteiger partial charge in [0.15, 0.2) is 0 Å². The number of hydrogen-bond donors (Lipinski definition) is 1. The van der Waals surface area contributed by atoms with Crippen molar-refractivity contribution in [2.24, 2.45) is 0 Å². The Morgan fingerprint density at radius 2 is 2.06 bits per heavy atom. The van der Waals surface area contributed by atoms with Gasteiger partial charge in [-0.3, -0.25) is 4.79 Å². The lowest BCUT2D eigenvalue weighted by Crippen LogP contribution is -2.32. The minimum atomic E-state index is 0.213. The van der Waals surface area contributed by atoms with Crippen molar-refractivity contribution in [3.63, 3.8) is 0 Å². The van der Waals surface area contributed by atoms with Crippen LogP contribution in [0.3, 0.4) is 0 Å². The van der Waals surface area contributed by atoms with Crippen LogP contribution in [-0.4, -0.2) is 50.3 Å². The van der Waals surface area contributed by atoms with Gasteiger partial charge in [-0.2, -0.15) is 5.21 Å². The number of nitrogens with zero attached hydrogens (tertiary/aromatic N) is 4. The Morgan fingerprint density at radius 3 is 2.59 bits per heavy atom. The van der Waals surface area contributed by atoms with Gasteiger partial charge < -0.3 is 4.90 Å². The molecule has 0 saturated carbocycles. The van der Waals surface area contributed by atoms with E-state index in [1.807, 2.05) is 4.90 Å². The molecule has 0 saturated heterocycles. The molecule has 1 heterocycles. The molecule has 6 nitrogen and oxygen atoms in total. The number of thioether (sulfide) groups is 1. The van der Waals surface area contributed by atoms with Crippen LogP contribution in [0.5, 0.6) is 0 Å². The van der Waals surface area contributed by atoms with E-state index in [-0.39, 0.29) is 5.91 Å². The maximum absolute atomic E-state index is 11.9. The fourth-order valence-corrected chi connectivity index (χ4v) is 2.17. The zero-order valence-electron chi connectivity index (χ0n) is 10.3. The topological polar surface area (TPSA) is 74.8 Å². The first-order valence-electron chi connectivity index (χ1n) is 5.92. The zero-order valence-corrected chi connectivity index (χ0v) is 11.2. The van der Waals surface area contributed by atoms with E-state index < -0.39 is 0 Å². The Labute approximate surface area is 106 Å². The third-order valence-corrected chi connectivity index (χ3v) is 3.05. The predicted octanol–water partition coefficient (Wildman–Crippen LogP) is 1.33. The minimum absolute atomic E-state index is 0.213. The van der Waals surface area contributed by atoms with E-state index in [2.05, 4.69) is 34.5 Å².